The van der Waals surface area contributed by atoms with Crippen LogP contribution in [0, 0.1) is 13.8 Å². The maximum Gasteiger partial charge on any atom is 0.339 e. The van der Waals surface area contributed by atoms with E-state index in [4.69, 9.17) is 4.74 Å². The molecule has 0 radical (unpaired) electrons. The summed E-state index contributed by atoms with van der Waals surface area (Å²) in [6, 6.07) is 10.1. The zero-order valence-corrected chi connectivity index (χ0v) is 18.3. The molecule has 0 bridgehead atoms. The molecular formula is C22H19N3O3S2. The van der Waals surface area contributed by atoms with Gasteiger partial charge in [-0.1, -0.05) is 42.1 Å². The molecule has 3 heterocycles. The van der Waals surface area contributed by atoms with E-state index in [0.717, 1.165) is 26.4 Å². The summed E-state index contributed by atoms with van der Waals surface area (Å²) < 4.78 is 4.82. The van der Waals surface area contributed by atoms with Gasteiger partial charge in [0.05, 0.1) is 29.5 Å². The summed E-state index contributed by atoms with van der Waals surface area (Å²) in [6.07, 6.45) is 1.53. The number of benzene rings is 1. The van der Waals surface area contributed by atoms with Crippen LogP contribution in [-0.4, -0.2) is 39.6 Å². The van der Waals surface area contributed by atoms with E-state index in [1.54, 1.807) is 25.2 Å². The van der Waals surface area contributed by atoms with E-state index in [2.05, 4.69) is 20.3 Å². The first-order valence-corrected chi connectivity index (χ1v) is 11.1. The molecule has 8 heteroatoms. The lowest BCUT2D eigenvalue weighted by Crippen LogP contribution is -2.07. The van der Waals surface area contributed by atoms with Crippen LogP contribution in [0.1, 0.15) is 32.1 Å². The number of hydrogen-bond donors (Lipinski definition) is 1. The number of aromatic nitrogens is 3. The third-order valence-corrected chi connectivity index (χ3v) is 6.74. The monoisotopic (exact) mass is 437 g/mol. The molecule has 3 aromatic heterocycles. The number of esters is 1. The third-order valence-electron chi connectivity index (χ3n) is 4.87. The zero-order valence-electron chi connectivity index (χ0n) is 16.7. The van der Waals surface area contributed by atoms with Gasteiger partial charge in [-0.15, -0.1) is 11.3 Å². The van der Waals surface area contributed by atoms with Crippen molar-refractivity contribution in [1.82, 2.24) is 15.0 Å². The second-order valence-electron chi connectivity index (χ2n) is 6.70. The summed E-state index contributed by atoms with van der Waals surface area (Å²) in [4.78, 5) is 37.6. The van der Waals surface area contributed by atoms with Crippen molar-refractivity contribution in [3.63, 3.8) is 0 Å². The number of nitrogens with zero attached hydrogens (tertiary/aromatic N) is 2. The number of Topliss-reactive ketones (excluding diaryl/α,β-unsaturated/α-hetero) is 1. The summed E-state index contributed by atoms with van der Waals surface area (Å²) in [5, 5.41) is 3.80. The van der Waals surface area contributed by atoms with Crippen molar-refractivity contribution in [2.24, 2.45) is 0 Å². The Labute approximate surface area is 181 Å². The molecule has 0 atom stereocenters. The van der Waals surface area contributed by atoms with Crippen molar-refractivity contribution in [3.8, 4) is 11.1 Å². The lowest BCUT2D eigenvalue weighted by molar-refractivity contribution is 0.0599. The molecule has 30 heavy (non-hydrogen) atoms. The predicted octanol–water partition coefficient (Wildman–Crippen LogP) is 5.06. The quantitative estimate of drug-likeness (QED) is 0.196. The van der Waals surface area contributed by atoms with E-state index in [1.807, 2.05) is 30.3 Å². The van der Waals surface area contributed by atoms with E-state index in [1.165, 1.54) is 25.2 Å². The number of ether oxygens (including phenoxy) is 1. The minimum absolute atomic E-state index is 0.0981. The number of nitrogens with one attached hydrogen (secondary N) is 1. The number of rotatable bonds is 6. The van der Waals surface area contributed by atoms with Crippen molar-refractivity contribution < 1.29 is 14.3 Å². The highest BCUT2D eigenvalue weighted by atomic mass is 32.2. The summed E-state index contributed by atoms with van der Waals surface area (Å²) >= 11 is 2.93. The Morgan fingerprint density at radius 2 is 1.93 bits per heavy atom. The Bertz CT molecular complexity index is 1250. The Kier molecular flexibility index (Phi) is 5.69. The van der Waals surface area contributed by atoms with Gasteiger partial charge in [-0.2, -0.15) is 0 Å². The van der Waals surface area contributed by atoms with Gasteiger partial charge in [-0.3, -0.25) is 4.79 Å². The van der Waals surface area contributed by atoms with Gasteiger partial charge in [0.2, 0.25) is 0 Å². The van der Waals surface area contributed by atoms with Crippen LogP contribution in [0.2, 0.25) is 0 Å². The summed E-state index contributed by atoms with van der Waals surface area (Å²) in [5.74, 6) is -0.354. The van der Waals surface area contributed by atoms with E-state index in [9.17, 15) is 9.59 Å². The zero-order chi connectivity index (χ0) is 21.3. The van der Waals surface area contributed by atoms with Crippen LogP contribution in [0.4, 0.5) is 0 Å². The van der Waals surface area contributed by atoms with Gasteiger partial charge in [0.25, 0.3) is 0 Å². The smallest absolute Gasteiger partial charge is 0.339 e. The van der Waals surface area contributed by atoms with Crippen molar-refractivity contribution in [2.45, 2.75) is 18.9 Å². The normalized spacial score (nSPS) is 11.0. The molecule has 6 nitrogen and oxygen atoms in total. The van der Waals surface area contributed by atoms with Gasteiger partial charge in [0.1, 0.15) is 16.2 Å². The molecule has 0 saturated carbocycles. The first-order chi connectivity index (χ1) is 14.5. The molecule has 0 spiro atoms. The number of ketones is 1. The van der Waals surface area contributed by atoms with Crippen LogP contribution in [0.3, 0.4) is 0 Å². The highest BCUT2D eigenvalue weighted by Crippen LogP contribution is 2.38. The van der Waals surface area contributed by atoms with Gasteiger partial charge in [0, 0.05) is 16.6 Å². The number of thioether (sulfide) groups is 1. The first kappa shape index (κ1) is 20.3. The van der Waals surface area contributed by atoms with E-state index < -0.39 is 5.97 Å². The van der Waals surface area contributed by atoms with E-state index in [0.29, 0.717) is 22.5 Å². The largest absolute Gasteiger partial charge is 0.465 e. The number of aromatic amines is 1. The number of carbonyl (C=O) groups is 2. The lowest BCUT2D eigenvalue weighted by atomic mass is 10.1. The molecule has 0 aliphatic rings. The third kappa shape index (κ3) is 3.64. The number of carbonyl (C=O) groups excluding carboxylic acids is 2. The summed E-state index contributed by atoms with van der Waals surface area (Å²) in [7, 11) is 1.33. The van der Waals surface area contributed by atoms with Crippen LogP contribution in [-0.2, 0) is 4.74 Å². The Hall–Kier alpha value is -2.97. The molecule has 4 aromatic rings. The Morgan fingerprint density at radius 1 is 1.17 bits per heavy atom. The molecule has 0 unspecified atom stereocenters. The minimum atomic E-state index is -0.448. The number of aryl methyl sites for hydroxylation is 1. The van der Waals surface area contributed by atoms with Crippen LogP contribution in [0.25, 0.3) is 21.3 Å². The average molecular weight is 438 g/mol. The Balaban J connectivity index is 1.63. The van der Waals surface area contributed by atoms with Gasteiger partial charge >= 0.3 is 5.97 Å². The van der Waals surface area contributed by atoms with Crippen LogP contribution < -0.4 is 0 Å². The predicted molar refractivity (Wildman–Crippen MR) is 120 cm³/mol. The molecule has 1 N–H and O–H groups in total. The van der Waals surface area contributed by atoms with Gasteiger partial charge < -0.3 is 9.72 Å². The fourth-order valence-electron chi connectivity index (χ4n) is 3.43. The second kappa shape index (κ2) is 8.41. The average Bonchev–Trinajstić information content (AvgIpc) is 3.33. The van der Waals surface area contributed by atoms with Crippen molar-refractivity contribution >= 4 is 45.1 Å². The van der Waals surface area contributed by atoms with Gasteiger partial charge in [-0.05, 0) is 25.0 Å². The number of hydrogen-bond acceptors (Lipinski definition) is 7. The highest BCUT2D eigenvalue weighted by molar-refractivity contribution is 8.00. The number of H-pyrrole nitrogens is 1. The SMILES string of the molecule is COC(=O)c1c(C)[nH]c(C(=O)CSc2ncnc3scc(-c4ccccc4)c23)c1C. The van der Waals surface area contributed by atoms with Gasteiger partial charge in [0.15, 0.2) is 5.78 Å². The van der Waals surface area contributed by atoms with Crippen molar-refractivity contribution in [3.05, 3.63) is 64.6 Å². The van der Waals surface area contributed by atoms with Crippen LogP contribution in [0.15, 0.2) is 47.1 Å². The minimum Gasteiger partial charge on any atom is -0.465 e. The molecular weight excluding hydrogens is 418 g/mol. The first-order valence-electron chi connectivity index (χ1n) is 9.22. The van der Waals surface area contributed by atoms with E-state index >= 15 is 0 Å². The molecule has 1 aromatic carbocycles. The van der Waals surface area contributed by atoms with Gasteiger partial charge in [-0.25, -0.2) is 14.8 Å². The second-order valence-corrected chi connectivity index (χ2v) is 8.52. The number of methoxy groups -OCH3 is 1. The highest BCUT2D eigenvalue weighted by Gasteiger charge is 2.23. The Morgan fingerprint density at radius 3 is 2.67 bits per heavy atom. The number of thiophene rings is 1. The standard InChI is InChI=1S/C22H19N3O3S2/c1-12-17(22(27)28-3)13(2)25-19(12)16(26)10-30-21-18-15(14-7-5-4-6-8-14)9-29-20(18)23-11-24-21/h4-9,11,25H,10H2,1-3H3. The molecule has 0 aliphatic heterocycles. The maximum absolute atomic E-state index is 12.9. The lowest BCUT2D eigenvalue weighted by Gasteiger charge is -2.05. The molecule has 0 fully saturated rings. The fourth-order valence-corrected chi connectivity index (χ4v) is 5.30. The van der Waals surface area contributed by atoms with E-state index in [-0.39, 0.29) is 11.5 Å². The fraction of sp³-hybridized carbons (Fsp3) is 0.182. The molecule has 0 aliphatic carbocycles. The van der Waals surface area contributed by atoms with Crippen LogP contribution >= 0.6 is 23.1 Å². The maximum atomic E-state index is 12.9. The molecule has 0 amide bonds. The van der Waals surface area contributed by atoms with Crippen LogP contribution in [0.5, 0.6) is 0 Å². The molecule has 4 rings (SSSR count). The van der Waals surface area contributed by atoms with Crippen molar-refractivity contribution in [1.29, 1.82) is 0 Å². The summed E-state index contributed by atoms with van der Waals surface area (Å²) in [6.45, 7) is 3.51. The topological polar surface area (TPSA) is 84.9 Å². The number of fused-ring (bicyclic) bond motifs is 1. The molecule has 0 saturated heterocycles. The summed E-state index contributed by atoms with van der Waals surface area (Å²) in [5.41, 5.74) is 4.23. The van der Waals surface area contributed by atoms with Crippen molar-refractivity contribution in [2.75, 3.05) is 12.9 Å². The molecule has 152 valence electrons.